The summed E-state index contributed by atoms with van der Waals surface area (Å²) in [6.07, 6.45) is 6.95. The Kier molecular flexibility index (Phi) is 4.28. The van der Waals surface area contributed by atoms with Crippen molar-refractivity contribution in [2.24, 2.45) is 5.92 Å². The van der Waals surface area contributed by atoms with E-state index in [2.05, 4.69) is 17.2 Å². The van der Waals surface area contributed by atoms with Crippen molar-refractivity contribution in [1.29, 1.82) is 0 Å². The molecule has 0 bridgehead atoms. The topological polar surface area (TPSA) is 42.0 Å². The molecule has 98 valence electrons. The summed E-state index contributed by atoms with van der Waals surface area (Å²) in [6, 6.07) is 2.93. The Morgan fingerprint density at radius 2 is 2.11 bits per heavy atom. The predicted molar refractivity (Wildman–Crippen MR) is 67.7 cm³/mol. The highest BCUT2D eigenvalue weighted by Gasteiger charge is 2.21. The van der Waals surface area contributed by atoms with Crippen LogP contribution in [-0.4, -0.2) is 16.9 Å². The zero-order valence-electron chi connectivity index (χ0n) is 10.7. The molecule has 1 aliphatic rings. The number of nitrogens with one attached hydrogen (secondary N) is 1. The highest BCUT2D eigenvalue weighted by molar-refractivity contribution is 5.94. The van der Waals surface area contributed by atoms with Crippen LogP contribution in [0.3, 0.4) is 0 Å². The minimum atomic E-state index is -0.560. The first kappa shape index (κ1) is 13.0. The van der Waals surface area contributed by atoms with Gasteiger partial charge in [-0.2, -0.15) is 4.39 Å². The van der Waals surface area contributed by atoms with Crippen molar-refractivity contribution in [3.63, 3.8) is 0 Å². The molecule has 1 aromatic heterocycles. The fraction of sp³-hybridized carbons (Fsp3) is 0.571. The van der Waals surface area contributed by atoms with Gasteiger partial charge < -0.3 is 5.32 Å². The van der Waals surface area contributed by atoms with E-state index in [9.17, 15) is 9.18 Å². The minimum Gasteiger partial charge on any atom is -0.349 e. The smallest absolute Gasteiger partial charge is 0.253 e. The molecule has 1 fully saturated rings. The van der Waals surface area contributed by atoms with Crippen molar-refractivity contribution in [1.82, 2.24) is 10.3 Å². The van der Waals surface area contributed by atoms with Gasteiger partial charge in [0, 0.05) is 12.2 Å². The van der Waals surface area contributed by atoms with Gasteiger partial charge in [0.05, 0.1) is 5.56 Å². The summed E-state index contributed by atoms with van der Waals surface area (Å²) in [7, 11) is 0. The van der Waals surface area contributed by atoms with Crippen molar-refractivity contribution < 1.29 is 9.18 Å². The molecule has 1 aliphatic carbocycles. The normalized spacial score (nSPS) is 23.7. The number of rotatable bonds is 3. The van der Waals surface area contributed by atoms with Gasteiger partial charge in [0.2, 0.25) is 5.95 Å². The maximum Gasteiger partial charge on any atom is 0.253 e. The molecular formula is C14H19FN2O. The third-order valence-electron chi connectivity index (χ3n) is 3.75. The van der Waals surface area contributed by atoms with Crippen LogP contribution in [0, 0.1) is 11.9 Å². The van der Waals surface area contributed by atoms with Crippen molar-refractivity contribution >= 4 is 5.91 Å². The standard InChI is InChI=1S/C14H19FN2O/c1-2-10-3-6-12(7-4-10)17-14(18)11-5-8-13(15)16-9-11/h5,8-10,12H,2-4,6-7H2,1H3,(H,17,18). The second-order valence-electron chi connectivity index (χ2n) is 4.97. The molecule has 2 rings (SSSR count). The molecule has 0 aliphatic heterocycles. The third kappa shape index (κ3) is 3.28. The van der Waals surface area contributed by atoms with Gasteiger partial charge in [-0.15, -0.1) is 0 Å². The summed E-state index contributed by atoms with van der Waals surface area (Å²) in [5, 5.41) is 3.00. The van der Waals surface area contributed by atoms with E-state index in [0.717, 1.165) is 18.8 Å². The monoisotopic (exact) mass is 250 g/mol. The molecule has 1 heterocycles. The molecule has 0 aromatic carbocycles. The maximum atomic E-state index is 12.6. The molecule has 1 N–H and O–H groups in total. The summed E-state index contributed by atoms with van der Waals surface area (Å²) < 4.78 is 12.6. The summed E-state index contributed by atoms with van der Waals surface area (Å²) in [6.45, 7) is 2.22. The first-order valence-electron chi connectivity index (χ1n) is 6.61. The van der Waals surface area contributed by atoms with Crippen LogP contribution in [0.2, 0.25) is 0 Å². The van der Waals surface area contributed by atoms with E-state index in [1.807, 2.05) is 0 Å². The fourth-order valence-electron chi connectivity index (χ4n) is 2.49. The highest BCUT2D eigenvalue weighted by atomic mass is 19.1. The average Bonchev–Trinajstić information content (AvgIpc) is 2.40. The summed E-state index contributed by atoms with van der Waals surface area (Å²) in [5.74, 6) is 0.100. The number of hydrogen-bond donors (Lipinski definition) is 1. The number of aromatic nitrogens is 1. The fourth-order valence-corrected chi connectivity index (χ4v) is 2.49. The average molecular weight is 250 g/mol. The first-order chi connectivity index (χ1) is 8.69. The maximum absolute atomic E-state index is 12.6. The molecule has 1 amide bonds. The quantitative estimate of drug-likeness (QED) is 0.838. The van der Waals surface area contributed by atoms with E-state index in [1.54, 1.807) is 0 Å². The number of nitrogens with zero attached hydrogens (tertiary/aromatic N) is 1. The molecule has 0 atom stereocenters. The highest BCUT2D eigenvalue weighted by Crippen LogP contribution is 2.26. The lowest BCUT2D eigenvalue weighted by Crippen LogP contribution is -2.37. The lowest BCUT2D eigenvalue weighted by Gasteiger charge is -2.28. The Morgan fingerprint density at radius 3 is 2.67 bits per heavy atom. The van der Waals surface area contributed by atoms with Gasteiger partial charge in [-0.25, -0.2) is 4.98 Å². The van der Waals surface area contributed by atoms with Crippen LogP contribution in [0.15, 0.2) is 18.3 Å². The van der Waals surface area contributed by atoms with Crippen LogP contribution >= 0.6 is 0 Å². The lowest BCUT2D eigenvalue weighted by atomic mass is 9.84. The van der Waals surface area contributed by atoms with Crippen LogP contribution in [0.5, 0.6) is 0 Å². The SMILES string of the molecule is CCC1CCC(NC(=O)c2ccc(F)nc2)CC1. The van der Waals surface area contributed by atoms with E-state index in [0.29, 0.717) is 5.56 Å². The van der Waals surface area contributed by atoms with Gasteiger partial charge in [0.15, 0.2) is 0 Å². The van der Waals surface area contributed by atoms with Crippen molar-refractivity contribution in [2.45, 2.75) is 45.1 Å². The molecule has 0 unspecified atom stereocenters. The number of amides is 1. The molecule has 18 heavy (non-hydrogen) atoms. The lowest BCUT2D eigenvalue weighted by molar-refractivity contribution is 0.0921. The second kappa shape index (κ2) is 5.94. The number of hydrogen-bond acceptors (Lipinski definition) is 2. The second-order valence-corrected chi connectivity index (χ2v) is 4.97. The number of pyridine rings is 1. The zero-order chi connectivity index (χ0) is 13.0. The van der Waals surface area contributed by atoms with Crippen LogP contribution in [0.25, 0.3) is 0 Å². The molecule has 4 heteroatoms. The van der Waals surface area contributed by atoms with Gasteiger partial charge >= 0.3 is 0 Å². The molecule has 1 saturated carbocycles. The Morgan fingerprint density at radius 1 is 1.39 bits per heavy atom. The van der Waals surface area contributed by atoms with E-state index >= 15 is 0 Å². The Hall–Kier alpha value is -1.45. The predicted octanol–water partition coefficient (Wildman–Crippen LogP) is 2.92. The molecule has 0 saturated heterocycles. The van der Waals surface area contributed by atoms with Gasteiger partial charge in [-0.3, -0.25) is 4.79 Å². The van der Waals surface area contributed by atoms with E-state index < -0.39 is 5.95 Å². The third-order valence-corrected chi connectivity index (χ3v) is 3.75. The number of carbonyl (C=O) groups is 1. The summed E-state index contributed by atoms with van der Waals surface area (Å²) in [5.41, 5.74) is 0.425. The molecule has 3 nitrogen and oxygen atoms in total. The van der Waals surface area contributed by atoms with Gasteiger partial charge in [0.1, 0.15) is 0 Å². The van der Waals surface area contributed by atoms with Crippen molar-refractivity contribution in [3.05, 3.63) is 29.8 Å². The molecule has 1 aromatic rings. The van der Waals surface area contributed by atoms with E-state index in [-0.39, 0.29) is 11.9 Å². The van der Waals surface area contributed by atoms with Gasteiger partial charge in [-0.05, 0) is 43.7 Å². The number of carbonyl (C=O) groups excluding carboxylic acids is 1. The molecular weight excluding hydrogens is 231 g/mol. The van der Waals surface area contributed by atoms with Crippen LogP contribution in [0.4, 0.5) is 4.39 Å². The zero-order valence-corrected chi connectivity index (χ0v) is 10.7. The minimum absolute atomic E-state index is 0.151. The Bertz CT molecular complexity index is 397. The first-order valence-corrected chi connectivity index (χ1v) is 6.61. The van der Waals surface area contributed by atoms with Gasteiger partial charge in [-0.1, -0.05) is 13.3 Å². The summed E-state index contributed by atoms with van der Waals surface area (Å²) in [4.78, 5) is 15.4. The molecule has 0 radical (unpaired) electrons. The van der Waals surface area contributed by atoms with Crippen molar-refractivity contribution in [2.75, 3.05) is 0 Å². The van der Waals surface area contributed by atoms with Crippen LogP contribution < -0.4 is 5.32 Å². The van der Waals surface area contributed by atoms with E-state index in [4.69, 9.17) is 0 Å². The van der Waals surface area contributed by atoms with Gasteiger partial charge in [0.25, 0.3) is 5.91 Å². The van der Waals surface area contributed by atoms with Crippen LogP contribution in [-0.2, 0) is 0 Å². The largest absolute Gasteiger partial charge is 0.349 e. The summed E-state index contributed by atoms with van der Waals surface area (Å²) >= 11 is 0. The van der Waals surface area contributed by atoms with Crippen molar-refractivity contribution in [3.8, 4) is 0 Å². The molecule has 0 spiro atoms. The van der Waals surface area contributed by atoms with Crippen LogP contribution in [0.1, 0.15) is 49.4 Å². The Balaban J connectivity index is 1.86. The van der Waals surface area contributed by atoms with E-state index in [1.165, 1.54) is 37.6 Å². The number of halogens is 1. The Labute approximate surface area is 107 Å².